The van der Waals surface area contributed by atoms with E-state index in [4.69, 9.17) is 19.4 Å². The molecule has 2 heterocycles. The molecule has 236 valence electrons. The van der Waals surface area contributed by atoms with Crippen molar-refractivity contribution in [3.8, 4) is 56.4 Å². The normalized spacial score (nSPS) is 13.2. The van der Waals surface area contributed by atoms with E-state index in [-0.39, 0.29) is 5.41 Å². The van der Waals surface area contributed by atoms with Gasteiger partial charge in [-0.15, -0.1) is 0 Å². The monoisotopic (exact) mass is 641 g/mol. The highest BCUT2D eigenvalue weighted by Gasteiger charge is 2.36. The highest BCUT2D eigenvalue weighted by molar-refractivity contribution is 6.13. The van der Waals surface area contributed by atoms with E-state index in [0.29, 0.717) is 17.5 Å². The van der Waals surface area contributed by atoms with Crippen molar-refractivity contribution in [3.05, 3.63) is 163 Å². The SMILES string of the molecule is CC1(C)c2ccc(-c3nc(-c4ccccc4)nc(-c4ccc5c(c4)oc4cccc(-c6ccccc6)c45)n3)cc2-c2c1ccc1ccccc21. The maximum Gasteiger partial charge on any atom is 0.164 e. The molecular formula is C46H31N3O. The maximum absolute atomic E-state index is 6.47. The van der Waals surface area contributed by atoms with Gasteiger partial charge in [0, 0.05) is 32.9 Å². The first-order valence-electron chi connectivity index (χ1n) is 17.0. The molecule has 0 saturated carbocycles. The van der Waals surface area contributed by atoms with E-state index in [9.17, 15) is 0 Å². The first kappa shape index (κ1) is 28.6. The summed E-state index contributed by atoms with van der Waals surface area (Å²) in [6, 6.07) is 53.0. The average molecular weight is 642 g/mol. The number of furan rings is 1. The van der Waals surface area contributed by atoms with E-state index in [0.717, 1.165) is 49.8 Å². The molecule has 0 spiro atoms. The van der Waals surface area contributed by atoms with Crippen molar-refractivity contribution >= 4 is 32.7 Å². The summed E-state index contributed by atoms with van der Waals surface area (Å²) in [6.07, 6.45) is 0. The Kier molecular flexibility index (Phi) is 6.19. The Bertz CT molecular complexity index is 2780. The van der Waals surface area contributed by atoms with E-state index in [1.165, 1.54) is 33.0 Å². The molecular weight excluding hydrogens is 611 g/mol. The number of hydrogen-bond donors (Lipinski definition) is 0. The highest BCUT2D eigenvalue weighted by Crippen LogP contribution is 2.52. The minimum Gasteiger partial charge on any atom is -0.456 e. The minimum atomic E-state index is -0.116. The van der Waals surface area contributed by atoms with Gasteiger partial charge in [-0.3, -0.25) is 0 Å². The van der Waals surface area contributed by atoms with Crippen LogP contribution in [0.15, 0.2) is 156 Å². The highest BCUT2D eigenvalue weighted by atomic mass is 16.3. The lowest BCUT2D eigenvalue weighted by atomic mass is 9.82. The minimum absolute atomic E-state index is 0.116. The van der Waals surface area contributed by atoms with Crippen LogP contribution in [0.3, 0.4) is 0 Å². The van der Waals surface area contributed by atoms with Gasteiger partial charge in [0.1, 0.15) is 11.2 Å². The van der Waals surface area contributed by atoms with Gasteiger partial charge in [-0.25, -0.2) is 15.0 Å². The van der Waals surface area contributed by atoms with E-state index >= 15 is 0 Å². The van der Waals surface area contributed by atoms with Crippen molar-refractivity contribution < 1.29 is 4.42 Å². The molecule has 7 aromatic carbocycles. The molecule has 0 unspecified atom stereocenters. The topological polar surface area (TPSA) is 51.8 Å². The van der Waals surface area contributed by atoms with Crippen LogP contribution in [0.2, 0.25) is 0 Å². The second kappa shape index (κ2) is 10.8. The van der Waals surface area contributed by atoms with Crippen LogP contribution < -0.4 is 0 Å². The second-order valence-corrected chi connectivity index (χ2v) is 13.6. The summed E-state index contributed by atoms with van der Waals surface area (Å²) in [6.45, 7) is 4.63. The van der Waals surface area contributed by atoms with Crippen molar-refractivity contribution in [2.45, 2.75) is 19.3 Å². The number of benzene rings is 7. The zero-order valence-corrected chi connectivity index (χ0v) is 27.7. The molecule has 0 atom stereocenters. The number of aromatic nitrogens is 3. The van der Waals surface area contributed by atoms with Crippen LogP contribution in [0, 0.1) is 0 Å². The summed E-state index contributed by atoms with van der Waals surface area (Å²) in [5, 5.41) is 4.68. The molecule has 0 bridgehead atoms. The summed E-state index contributed by atoms with van der Waals surface area (Å²) >= 11 is 0. The van der Waals surface area contributed by atoms with Crippen LogP contribution in [0.4, 0.5) is 0 Å². The number of nitrogens with zero attached hydrogens (tertiary/aromatic N) is 3. The molecule has 4 heteroatoms. The molecule has 4 nitrogen and oxygen atoms in total. The van der Waals surface area contributed by atoms with Crippen molar-refractivity contribution in [2.75, 3.05) is 0 Å². The molecule has 0 saturated heterocycles. The molecule has 0 N–H and O–H groups in total. The Labute approximate surface area is 289 Å². The molecule has 10 rings (SSSR count). The van der Waals surface area contributed by atoms with E-state index in [1.54, 1.807) is 0 Å². The van der Waals surface area contributed by atoms with Crippen molar-refractivity contribution in [1.29, 1.82) is 0 Å². The lowest BCUT2D eigenvalue weighted by molar-refractivity contribution is 0.661. The van der Waals surface area contributed by atoms with Crippen LogP contribution in [0.1, 0.15) is 25.0 Å². The molecule has 0 aliphatic heterocycles. The lowest BCUT2D eigenvalue weighted by Crippen LogP contribution is -2.14. The van der Waals surface area contributed by atoms with Gasteiger partial charge in [-0.05, 0) is 68.4 Å². The Morgan fingerprint density at radius 3 is 1.86 bits per heavy atom. The third kappa shape index (κ3) is 4.35. The largest absolute Gasteiger partial charge is 0.456 e. The third-order valence-corrected chi connectivity index (χ3v) is 10.3. The fourth-order valence-corrected chi connectivity index (χ4v) is 7.84. The summed E-state index contributed by atoms with van der Waals surface area (Å²) in [4.78, 5) is 15.3. The van der Waals surface area contributed by atoms with Crippen LogP contribution >= 0.6 is 0 Å². The zero-order valence-electron chi connectivity index (χ0n) is 27.7. The standard InChI is InChI=1S/C46H31N3O/c1-46(2)37-24-22-31(26-36(37)41-33-17-10-9-14-29(33)21-25-38(41)46)44-47-43(30-15-7-4-8-16-30)48-45(49-44)32-20-23-35-40(27-32)50-39-19-11-18-34(42(35)39)28-12-5-3-6-13-28/h3-27H,1-2H3. The Morgan fingerprint density at radius 2 is 1.08 bits per heavy atom. The van der Waals surface area contributed by atoms with Gasteiger partial charge < -0.3 is 4.42 Å². The van der Waals surface area contributed by atoms with E-state index in [2.05, 4.69) is 123 Å². The van der Waals surface area contributed by atoms with Gasteiger partial charge in [0.15, 0.2) is 17.5 Å². The first-order valence-corrected chi connectivity index (χ1v) is 17.0. The smallest absolute Gasteiger partial charge is 0.164 e. The summed E-state index contributed by atoms with van der Waals surface area (Å²) < 4.78 is 6.47. The molecule has 1 aliphatic rings. The van der Waals surface area contributed by atoms with Crippen LogP contribution in [0.5, 0.6) is 0 Å². The molecule has 0 radical (unpaired) electrons. The lowest BCUT2D eigenvalue weighted by Gasteiger charge is -2.21. The fourth-order valence-electron chi connectivity index (χ4n) is 7.84. The van der Waals surface area contributed by atoms with E-state index < -0.39 is 0 Å². The summed E-state index contributed by atoms with van der Waals surface area (Å²) in [5.41, 5.74) is 11.8. The van der Waals surface area contributed by atoms with Gasteiger partial charge in [0.05, 0.1) is 0 Å². The fraction of sp³-hybridized carbons (Fsp3) is 0.0652. The number of hydrogen-bond acceptors (Lipinski definition) is 4. The predicted molar refractivity (Wildman–Crippen MR) is 204 cm³/mol. The summed E-state index contributed by atoms with van der Waals surface area (Å²) in [7, 11) is 0. The molecule has 1 aliphatic carbocycles. The van der Waals surface area contributed by atoms with Gasteiger partial charge in [-0.2, -0.15) is 0 Å². The van der Waals surface area contributed by atoms with Gasteiger partial charge in [0.2, 0.25) is 0 Å². The van der Waals surface area contributed by atoms with Crippen LogP contribution in [0.25, 0.3) is 89.1 Å². The van der Waals surface area contributed by atoms with Gasteiger partial charge in [-0.1, -0.05) is 141 Å². The summed E-state index contributed by atoms with van der Waals surface area (Å²) in [5.74, 6) is 1.87. The molecule has 2 aromatic heterocycles. The third-order valence-electron chi connectivity index (χ3n) is 10.3. The van der Waals surface area contributed by atoms with Gasteiger partial charge in [0.25, 0.3) is 0 Å². The Morgan fingerprint density at radius 1 is 0.440 bits per heavy atom. The maximum atomic E-state index is 6.47. The van der Waals surface area contributed by atoms with Crippen molar-refractivity contribution in [1.82, 2.24) is 15.0 Å². The Hall–Kier alpha value is -6.39. The molecule has 0 amide bonds. The molecule has 0 fully saturated rings. The number of fused-ring (bicyclic) bond motifs is 8. The van der Waals surface area contributed by atoms with Crippen LogP contribution in [-0.2, 0) is 5.41 Å². The van der Waals surface area contributed by atoms with Gasteiger partial charge >= 0.3 is 0 Å². The predicted octanol–water partition coefficient (Wildman–Crippen LogP) is 11.9. The van der Waals surface area contributed by atoms with Crippen molar-refractivity contribution in [2.24, 2.45) is 0 Å². The second-order valence-electron chi connectivity index (χ2n) is 13.6. The molecule has 50 heavy (non-hydrogen) atoms. The molecule has 9 aromatic rings. The zero-order chi connectivity index (χ0) is 33.4. The quantitative estimate of drug-likeness (QED) is 0.192. The number of rotatable bonds is 4. The van der Waals surface area contributed by atoms with E-state index in [1.807, 2.05) is 42.5 Å². The Balaban J connectivity index is 1.15. The average Bonchev–Trinajstić information content (AvgIpc) is 3.66. The first-order chi connectivity index (χ1) is 24.5. The van der Waals surface area contributed by atoms with Crippen molar-refractivity contribution in [3.63, 3.8) is 0 Å². The van der Waals surface area contributed by atoms with Crippen LogP contribution in [-0.4, -0.2) is 15.0 Å².